The Hall–Kier alpha value is -1.50. The van der Waals surface area contributed by atoms with Crippen molar-refractivity contribution in [3.8, 4) is 0 Å². The van der Waals surface area contributed by atoms with Crippen molar-refractivity contribution in [1.82, 2.24) is 10.2 Å². The van der Waals surface area contributed by atoms with Crippen LogP contribution in [0.3, 0.4) is 0 Å². The highest BCUT2D eigenvalue weighted by molar-refractivity contribution is 6.42. The third kappa shape index (κ3) is 4.73. The topological polar surface area (TPSA) is 78.9 Å². The Labute approximate surface area is 144 Å². The molecule has 2 amide bonds. The monoisotopic (exact) mass is 360 g/mol. The van der Waals surface area contributed by atoms with Crippen molar-refractivity contribution in [2.75, 3.05) is 26.2 Å². The highest BCUT2D eigenvalue weighted by Crippen LogP contribution is 2.31. The van der Waals surface area contributed by atoms with Gasteiger partial charge in [0.05, 0.1) is 22.8 Å². The Bertz CT molecular complexity index is 597. The maximum Gasteiger partial charge on any atom is 0.407 e. The fourth-order valence-corrected chi connectivity index (χ4v) is 2.87. The number of amides is 2. The number of carbonyl (C=O) groups is 2. The summed E-state index contributed by atoms with van der Waals surface area (Å²) >= 11 is 12.0. The van der Waals surface area contributed by atoms with Gasteiger partial charge >= 0.3 is 6.09 Å². The van der Waals surface area contributed by atoms with Crippen LogP contribution in [0.2, 0.25) is 10.0 Å². The van der Waals surface area contributed by atoms with Crippen LogP contribution in [0.5, 0.6) is 0 Å². The van der Waals surface area contributed by atoms with E-state index in [1.54, 1.807) is 18.2 Å². The van der Waals surface area contributed by atoms with Gasteiger partial charge in [-0.1, -0.05) is 29.3 Å². The summed E-state index contributed by atoms with van der Waals surface area (Å²) in [6.07, 6.45) is -1.35. The van der Waals surface area contributed by atoms with E-state index in [0.29, 0.717) is 16.6 Å². The largest absolute Gasteiger partial charge is 0.465 e. The molecule has 1 fully saturated rings. The zero-order valence-electron chi connectivity index (χ0n) is 12.6. The van der Waals surface area contributed by atoms with Crippen molar-refractivity contribution in [3.63, 3.8) is 0 Å². The summed E-state index contributed by atoms with van der Waals surface area (Å²) in [4.78, 5) is 23.8. The van der Waals surface area contributed by atoms with Crippen LogP contribution >= 0.6 is 23.2 Å². The minimum atomic E-state index is -1.00. The summed E-state index contributed by atoms with van der Waals surface area (Å²) in [6.45, 7) is 2.54. The number of carbonyl (C=O) groups excluding carboxylic acids is 1. The number of rotatable bonds is 3. The third-order valence-electron chi connectivity index (χ3n) is 3.75. The molecule has 0 aliphatic carbocycles. The molecule has 2 rings (SSSR count). The Kier molecular flexibility index (Phi) is 6.10. The molecule has 1 saturated heterocycles. The average Bonchev–Trinajstić information content (AvgIpc) is 2.70. The van der Waals surface area contributed by atoms with Gasteiger partial charge in [-0.3, -0.25) is 4.79 Å². The fourth-order valence-electron chi connectivity index (χ4n) is 2.56. The van der Waals surface area contributed by atoms with Crippen LogP contribution in [0.1, 0.15) is 18.4 Å². The molecule has 2 atom stereocenters. The van der Waals surface area contributed by atoms with Gasteiger partial charge in [-0.2, -0.15) is 0 Å². The number of nitrogens with one attached hydrogen (secondary N) is 1. The quantitative estimate of drug-likeness (QED) is 0.868. The molecular formula is C15H18Cl2N2O4. The standard InChI is InChI=1S/C15H18Cl2N2O4/c1-9(20)18-7-14-11(8-19(15(21)22)4-5-23-14)10-2-3-12(16)13(17)6-10/h2-3,6,11,14H,4-5,7-8H2,1H3,(H,18,20)(H,21,22)/t11-,14-/m0/s1. The lowest BCUT2D eigenvalue weighted by Gasteiger charge is -2.27. The van der Waals surface area contributed by atoms with Gasteiger partial charge in [-0.15, -0.1) is 0 Å². The molecule has 0 bridgehead atoms. The molecular weight excluding hydrogens is 343 g/mol. The molecule has 1 aliphatic heterocycles. The first-order chi connectivity index (χ1) is 10.9. The van der Waals surface area contributed by atoms with Gasteiger partial charge in [0, 0.05) is 32.5 Å². The number of hydrogen-bond donors (Lipinski definition) is 2. The molecule has 23 heavy (non-hydrogen) atoms. The maximum atomic E-state index is 11.3. The van der Waals surface area contributed by atoms with E-state index >= 15 is 0 Å². The molecule has 6 nitrogen and oxygen atoms in total. The van der Waals surface area contributed by atoms with E-state index < -0.39 is 6.09 Å². The predicted molar refractivity (Wildman–Crippen MR) is 87.2 cm³/mol. The van der Waals surface area contributed by atoms with Crippen molar-refractivity contribution in [3.05, 3.63) is 33.8 Å². The number of carboxylic acid groups (broad SMARTS) is 1. The number of ether oxygens (including phenoxy) is 1. The Morgan fingerprint density at radius 1 is 1.39 bits per heavy atom. The molecule has 0 unspecified atom stereocenters. The third-order valence-corrected chi connectivity index (χ3v) is 4.49. The zero-order chi connectivity index (χ0) is 17.0. The molecule has 0 radical (unpaired) electrons. The van der Waals surface area contributed by atoms with Crippen LogP contribution in [0.15, 0.2) is 18.2 Å². The van der Waals surface area contributed by atoms with Crippen LogP contribution in [0, 0.1) is 0 Å². The molecule has 1 aromatic carbocycles. The molecule has 0 spiro atoms. The smallest absolute Gasteiger partial charge is 0.407 e. The van der Waals surface area contributed by atoms with Crippen molar-refractivity contribution < 1.29 is 19.4 Å². The Morgan fingerprint density at radius 3 is 2.74 bits per heavy atom. The minimum absolute atomic E-state index is 0.166. The van der Waals surface area contributed by atoms with E-state index in [2.05, 4.69) is 5.32 Å². The fraction of sp³-hybridized carbons (Fsp3) is 0.467. The SMILES string of the molecule is CC(=O)NC[C@@H]1OCCN(C(=O)O)C[C@H]1c1ccc(Cl)c(Cl)c1. The zero-order valence-corrected chi connectivity index (χ0v) is 14.1. The predicted octanol–water partition coefficient (Wildman–Crippen LogP) is 2.59. The van der Waals surface area contributed by atoms with Crippen LogP contribution < -0.4 is 5.32 Å². The van der Waals surface area contributed by atoms with E-state index in [-0.39, 0.29) is 37.6 Å². The van der Waals surface area contributed by atoms with Gasteiger partial charge in [0.25, 0.3) is 0 Å². The van der Waals surface area contributed by atoms with Gasteiger partial charge in [-0.25, -0.2) is 4.79 Å². The molecule has 8 heteroatoms. The molecule has 0 saturated carbocycles. The highest BCUT2D eigenvalue weighted by atomic mass is 35.5. The minimum Gasteiger partial charge on any atom is -0.465 e. The Balaban J connectivity index is 2.29. The number of benzene rings is 1. The lowest BCUT2D eigenvalue weighted by Crippen LogP contribution is -2.39. The normalized spacial score (nSPS) is 21.6. The average molecular weight is 361 g/mol. The van der Waals surface area contributed by atoms with E-state index in [4.69, 9.17) is 27.9 Å². The second kappa shape index (κ2) is 7.86. The molecule has 126 valence electrons. The van der Waals surface area contributed by atoms with E-state index in [0.717, 1.165) is 5.56 Å². The Morgan fingerprint density at radius 2 is 2.13 bits per heavy atom. The first kappa shape index (κ1) is 17.8. The summed E-state index contributed by atoms with van der Waals surface area (Å²) in [6, 6.07) is 5.18. The number of halogens is 2. The van der Waals surface area contributed by atoms with Crippen LogP contribution in [0.25, 0.3) is 0 Å². The van der Waals surface area contributed by atoms with E-state index in [9.17, 15) is 14.7 Å². The maximum absolute atomic E-state index is 11.3. The summed E-state index contributed by atoms with van der Waals surface area (Å²) in [5.74, 6) is -0.420. The van der Waals surface area contributed by atoms with Gasteiger partial charge in [0.1, 0.15) is 0 Å². The van der Waals surface area contributed by atoms with Crippen LogP contribution in [-0.4, -0.2) is 54.4 Å². The molecule has 1 aliphatic rings. The van der Waals surface area contributed by atoms with Crippen molar-refractivity contribution in [2.45, 2.75) is 18.9 Å². The van der Waals surface area contributed by atoms with Crippen molar-refractivity contribution in [2.24, 2.45) is 0 Å². The number of hydrogen-bond acceptors (Lipinski definition) is 3. The van der Waals surface area contributed by atoms with Crippen LogP contribution in [-0.2, 0) is 9.53 Å². The molecule has 1 aromatic rings. The molecule has 1 heterocycles. The highest BCUT2D eigenvalue weighted by Gasteiger charge is 2.31. The second-order valence-electron chi connectivity index (χ2n) is 5.35. The summed E-state index contributed by atoms with van der Waals surface area (Å²) in [5, 5.41) is 12.8. The first-order valence-corrected chi connectivity index (χ1v) is 7.93. The van der Waals surface area contributed by atoms with Gasteiger partial charge in [0.2, 0.25) is 5.91 Å². The van der Waals surface area contributed by atoms with E-state index in [1.165, 1.54) is 11.8 Å². The second-order valence-corrected chi connectivity index (χ2v) is 6.17. The van der Waals surface area contributed by atoms with Crippen molar-refractivity contribution in [1.29, 1.82) is 0 Å². The summed E-state index contributed by atoms with van der Waals surface area (Å²) < 4.78 is 5.78. The van der Waals surface area contributed by atoms with E-state index in [1.807, 2.05) is 0 Å². The van der Waals surface area contributed by atoms with Gasteiger partial charge in [-0.05, 0) is 17.7 Å². The number of nitrogens with zero attached hydrogens (tertiary/aromatic N) is 1. The van der Waals surface area contributed by atoms with Gasteiger partial charge in [0.15, 0.2) is 0 Å². The lowest BCUT2D eigenvalue weighted by atomic mass is 9.92. The summed E-state index contributed by atoms with van der Waals surface area (Å²) in [5.41, 5.74) is 0.822. The lowest BCUT2D eigenvalue weighted by molar-refractivity contribution is -0.119. The summed E-state index contributed by atoms with van der Waals surface area (Å²) in [7, 11) is 0. The first-order valence-electron chi connectivity index (χ1n) is 7.17. The molecule has 0 aromatic heterocycles. The van der Waals surface area contributed by atoms with Crippen LogP contribution in [0.4, 0.5) is 4.79 Å². The van der Waals surface area contributed by atoms with Crippen molar-refractivity contribution >= 4 is 35.2 Å². The molecule has 2 N–H and O–H groups in total. The van der Waals surface area contributed by atoms with Gasteiger partial charge < -0.3 is 20.1 Å².